The molecule has 2 aromatic rings. The molecule has 7 heteroatoms. The Morgan fingerprint density at radius 3 is 2.29 bits per heavy atom. The van der Waals surface area contributed by atoms with Crippen LogP contribution >= 0.6 is 0 Å². The number of fused-ring (bicyclic) bond motifs is 1. The first-order valence-corrected chi connectivity index (χ1v) is 4.99. The van der Waals surface area contributed by atoms with Crippen LogP contribution in [0, 0.1) is 0 Å². The zero-order chi connectivity index (χ0) is 12.8. The molecule has 0 fully saturated rings. The van der Waals surface area contributed by atoms with Crippen LogP contribution in [0.2, 0.25) is 0 Å². The average molecular weight is 244 g/mol. The van der Waals surface area contributed by atoms with Crippen molar-refractivity contribution in [1.82, 2.24) is 19.6 Å². The van der Waals surface area contributed by atoms with Gasteiger partial charge in [0.15, 0.2) is 5.82 Å². The minimum absolute atomic E-state index is 0.0373. The fourth-order valence-corrected chi connectivity index (χ4v) is 1.25. The predicted molar refractivity (Wildman–Crippen MR) is 54.5 cm³/mol. The van der Waals surface area contributed by atoms with E-state index in [0.717, 1.165) is 6.07 Å². The molecule has 0 aliphatic carbocycles. The van der Waals surface area contributed by atoms with Gasteiger partial charge in [-0.2, -0.15) is 18.2 Å². The molecular formula is C10H11F3N4. The zero-order valence-electron chi connectivity index (χ0n) is 9.58. The lowest BCUT2D eigenvalue weighted by Gasteiger charge is -2.11. The van der Waals surface area contributed by atoms with Crippen molar-refractivity contribution in [1.29, 1.82) is 0 Å². The third-order valence-electron chi connectivity index (χ3n) is 2.17. The van der Waals surface area contributed by atoms with Crippen molar-refractivity contribution >= 4 is 5.78 Å². The van der Waals surface area contributed by atoms with Crippen LogP contribution in [0.4, 0.5) is 13.2 Å². The summed E-state index contributed by atoms with van der Waals surface area (Å²) in [6.45, 7) is 5.64. The molecule has 0 N–H and O–H groups in total. The second kappa shape index (κ2) is 3.41. The summed E-state index contributed by atoms with van der Waals surface area (Å²) in [6.07, 6.45) is -3.25. The minimum atomic E-state index is -4.46. The van der Waals surface area contributed by atoms with E-state index in [1.807, 2.05) is 20.8 Å². The number of hydrogen-bond donors (Lipinski definition) is 0. The predicted octanol–water partition coefficient (Wildman–Crippen LogP) is 2.44. The Kier molecular flexibility index (Phi) is 2.37. The molecule has 0 saturated heterocycles. The second-order valence-corrected chi connectivity index (χ2v) is 4.74. The topological polar surface area (TPSA) is 43.1 Å². The molecule has 0 aliphatic heterocycles. The lowest BCUT2D eigenvalue weighted by molar-refractivity contribution is -0.141. The molecule has 0 radical (unpaired) electrons. The molecule has 92 valence electrons. The van der Waals surface area contributed by atoms with Crippen LogP contribution in [0.5, 0.6) is 0 Å². The zero-order valence-corrected chi connectivity index (χ0v) is 9.58. The lowest BCUT2D eigenvalue weighted by atomic mass is 9.96. The summed E-state index contributed by atoms with van der Waals surface area (Å²) in [5.41, 5.74) is -1.29. The summed E-state index contributed by atoms with van der Waals surface area (Å²) >= 11 is 0. The summed E-state index contributed by atoms with van der Waals surface area (Å²) in [7, 11) is 0. The SMILES string of the molecule is CC(C)(C)c1nc2nc(C(F)(F)F)ccn2n1. The van der Waals surface area contributed by atoms with Crippen molar-refractivity contribution in [2.75, 3.05) is 0 Å². The molecule has 0 amide bonds. The van der Waals surface area contributed by atoms with Crippen molar-refractivity contribution in [3.63, 3.8) is 0 Å². The Morgan fingerprint density at radius 2 is 1.76 bits per heavy atom. The quantitative estimate of drug-likeness (QED) is 0.714. The maximum absolute atomic E-state index is 12.4. The largest absolute Gasteiger partial charge is 0.433 e. The van der Waals surface area contributed by atoms with Crippen molar-refractivity contribution in [2.45, 2.75) is 32.4 Å². The van der Waals surface area contributed by atoms with Crippen molar-refractivity contribution in [3.8, 4) is 0 Å². The molecule has 0 spiro atoms. The van der Waals surface area contributed by atoms with Gasteiger partial charge in [0, 0.05) is 11.6 Å². The van der Waals surface area contributed by atoms with E-state index in [1.54, 1.807) is 0 Å². The number of aromatic nitrogens is 4. The normalized spacial score (nSPS) is 13.3. The van der Waals surface area contributed by atoms with Gasteiger partial charge in [-0.15, -0.1) is 5.10 Å². The van der Waals surface area contributed by atoms with E-state index < -0.39 is 11.9 Å². The molecule has 0 saturated carbocycles. The maximum Gasteiger partial charge on any atom is 0.433 e. The van der Waals surface area contributed by atoms with Crippen LogP contribution in [0.3, 0.4) is 0 Å². The first-order chi connectivity index (χ1) is 7.68. The van der Waals surface area contributed by atoms with E-state index >= 15 is 0 Å². The van der Waals surface area contributed by atoms with E-state index in [2.05, 4.69) is 15.1 Å². The van der Waals surface area contributed by atoms with Gasteiger partial charge in [0.05, 0.1) is 0 Å². The molecule has 4 nitrogen and oxygen atoms in total. The van der Waals surface area contributed by atoms with Gasteiger partial charge in [0.1, 0.15) is 5.69 Å². The molecule has 17 heavy (non-hydrogen) atoms. The van der Waals surface area contributed by atoms with Crippen LogP contribution in [0.1, 0.15) is 32.3 Å². The van der Waals surface area contributed by atoms with E-state index in [0.29, 0.717) is 5.82 Å². The minimum Gasteiger partial charge on any atom is -0.206 e. The third kappa shape index (κ3) is 2.22. The van der Waals surface area contributed by atoms with Crippen molar-refractivity contribution < 1.29 is 13.2 Å². The van der Waals surface area contributed by atoms with Crippen LogP contribution in [-0.2, 0) is 11.6 Å². The highest BCUT2D eigenvalue weighted by Gasteiger charge is 2.33. The fourth-order valence-electron chi connectivity index (χ4n) is 1.25. The summed E-state index contributed by atoms with van der Waals surface area (Å²) < 4.78 is 38.6. The first kappa shape index (κ1) is 11.8. The Bertz CT molecular complexity index is 539. The molecule has 0 aromatic carbocycles. The molecule has 2 aromatic heterocycles. The van der Waals surface area contributed by atoms with Crippen molar-refractivity contribution in [3.05, 3.63) is 23.8 Å². The fraction of sp³-hybridized carbons (Fsp3) is 0.500. The molecule has 2 rings (SSSR count). The van der Waals surface area contributed by atoms with Crippen LogP contribution < -0.4 is 0 Å². The highest BCUT2D eigenvalue weighted by Crippen LogP contribution is 2.27. The lowest BCUT2D eigenvalue weighted by Crippen LogP contribution is -2.13. The van der Waals surface area contributed by atoms with Crippen molar-refractivity contribution in [2.24, 2.45) is 0 Å². The van der Waals surface area contributed by atoms with Gasteiger partial charge >= 0.3 is 6.18 Å². The number of alkyl halides is 3. The monoisotopic (exact) mass is 244 g/mol. The first-order valence-electron chi connectivity index (χ1n) is 4.99. The van der Waals surface area contributed by atoms with Gasteiger partial charge in [-0.25, -0.2) is 9.50 Å². The van der Waals surface area contributed by atoms with E-state index in [1.165, 1.54) is 10.7 Å². The maximum atomic E-state index is 12.4. The highest BCUT2D eigenvalue weighted by molar-refractivity contribution is 5.30. The van der Waals surface area contributed by atoms with E-state index in [4.69, 9.17) is 0 Å². The highest BCUT2D eigenvalue weighted by atomic mass is 19.4. The van der Waals surface area contributed by atoms with Gasteiger partial charge in [0.25, 0.3) is 5.78 Å². The average Bonchev–Trinajstić information content (AvgIpc) is 2.57. The summed E-state index contributed by atoms with van der Waals surface area (Å²) in [6, 6.07) is 0.883. The molecular weight excluding hydrogens is 233 g/mol. The molecule has 0 atom stereocenters. The number of nitrogens with zero attached hydrogens (tertiary/aromatic N) is 4. The molecule has 0 aliphatic rings. The molecule has 2 heterocycles. The van der Waals surface area contributed by atoms with Gasteiger partial charge in [-0.3, -0.25) is 0 Å². The summed E-state index contributed by atoms with van der Waals surface area (Å²) in [5.74, 6) is 0.425. The third-order valence-corrected chi connectivity index (χ3v) is 2.17. The van der Waals surface area contributed by atoms with Gasteiger partial charge in [-0.1, -0.05) is 20.8 Å². The Hall–Kier alpha value is -1.66. The standard InChI is InChI=1S/C10H11F3N4/c1-9(2,3)7-15-8-14-6(10(11,12)13)4-5-17(8)16-7/h4-5H,1-3H3. The molecule has 0 unspecified atom stereocenters. The number of halogens is 3. The van der Waals surface area contributed by atoms with Crippen LogP contribution in [0.25, 0.3) is 5.78 Å². The van der Waals surface area contributed by atoms with Crippen LogP contribution in [-0.4, -0.2) is 19.6 Å². The number of hydrogen-bond acceptors (Lipinski definition) is 3. The molecule has 0 bridgehead atoms. The Morgan fingerprint density at radius 1 is 1.12 bits per heavy atom. The van der Waals surface area contributed by atoms with Gasteiger partial charge in [0.2, 0.25) is 0 Å². The smallest absolute Gasteiger partial charge is 0.206 e. The van der Waals surface area contributed by atoms with E-state index in [9.17, 15) is 13.2 Å². The summed E-state index contributed by atoms with van der Waals surface area (Å²) in [5, 5.41) is 4.08. The van der Waals surface area contributed by atoms with Gasteiger partial charge < -0.3 is 0 Å². The summed E-state index contributed by atoms with van der Waals surface area (Å²) in [4.78, 5) is 7.44. The Labute approximate surface area is 95.5 Å². The van der Waals surface area contributed by atoms with E-state index in [-0.39, 0.29) is 11.2 Å². The van der Waals surface area contributed by atoms with Crippen LogP contribution in [0.15, 0.2) is 12.3 Å². The Balaban J connectivity index is 2.56. The number of rotatable bonds is 0. The second-order valence-electron chi connectivity index (χ2n) is 4.74. The van der Waals surface area contributed by atoms with Gasteiger partial charge in [-0.05, 0) is 6.07 Å².